The zero-order chi connectivity index (χ0) is 19.8. The van der Waals surface area contributed by atoms with Gasteiger partial charge >= 0.3 is 0 Å². The number of rotatable bonds is 7. The minimum Gasteiger partial charge on any atom is -0.494 e. The quantitative estimate of drug-likeness (QED) is 0.663. The van der Waals surface area contributed by atoms with Crippen LogP contribution < -0.4 is 10.1 Å². The molecule has 0 atom stereocenters. The van der Waals surface area contributed by atoms with Crippen LogP contribution in [0.5, 0.6) is 5.75 Å². The van der Waals surface area contributed by atoms with Gasteiger partial charge in [0, 0.05) is 24.6 Å². The number of benzene rings is 1. The van der Waals surface area contributed by atoms with Crippen molar-refractivity contribution in [3.05, 3.63) is 29.0 Å². The molecule has 2 N–H and O–H groups in total. The maximum absolute atomic E-state index is 12.5. The molecule has 0 aliphatic heterocycles. The van der Waals surface area contributed by atoms with Crippen molar-refractivity contribution in [2.24, 2.45) is 0 Å². The van der Waals surface area contributed by atoms with E-state index in [-0.39, 0.29) is 5.91 Å². The number of nitrogens with one attached hydrogen (secondary N) is 2. The summed E-state index contributed by atoms with van der Waals surface area (Å²) in [5.41, 5.74) is 0.941. The Bertz CT molecular complexity index is 805. The van der Waals surface area contributed by atoms with Crippen LogP contribution in [0.2, 0.25) is 0 Å². The molecule has 28 heavy (non-hydrogen) atoms. The van der Waals surface area contributed by atoms with Gasteiger partial charge in [-0.3, -0.25) is 14.5 Å². The fourth-order valence-electron chi connectivity index (χ4n) is 3.73. The van der Waals surface area contributed by atoms with E-state index in [1.54, 1.807) is 0 Å². The molecular formula is C21H30N4O2S. The molecular weight excluding hydrogens is 372 g/mol. The van der Waals surface area contributed by atoms with Crippen LogP contribution in [0.3, 0.4) is 0 Å². The van der Waals surface area contributed by atoms with Crippen molar-refractivity contribution >= 4 is 18.1 Å². The van der Waals surface area contributed by atoms with Crippen LogP contribution in [-0.4, -0.2) is 33.3 Å². The van der Waals surface area contributed by atoms with Gasteiger partial charge in [0.25, 0.3) is 0 Å². The third kappa shape index (κ3) is 5.67. The number of ether oxygens (including phenoxy) is 1. The third-order valence-corrected chi connectivity index (χ3v) is 5.53. The number of amides is 1. The average molecular weight is 403 g/mol. The third-order valence-electron chi connectivity index (χ3n) is 5.21. The second kappa shape index (κ2) is 10.4. The predicted octanol–water partition coefficient (Wildman–Crippen LogP) is 4.63. The van der Waals surface area contributed by atoms with Gasteiger partial charge in [0.15, 0.2) is 10.6 Å². The largest absolute Gasteiger partial charge is 0.494 e. The van der Waals surface area contributed by atoms with Crippen molar-refractivity contribution in [1.29, 1.82) is 0 Å². The van der Waals surface area contributed by atoms with E-state index in [1.807, 2.05) is 35.8 Å². The molecule has 2 aromatic rings. The molecule has 1 amide bonds. The highest BCUT2D eigenvalue weighted by Gasteiger charge is 2.15. The van der Waals surface area contributed by atoms with E-state index >= 15 is 0 Å². The van der Waals surface area contributed by atoms with Gasteiger partial charge in [-0.1, -0.05) is 32.1 Å². The van der Waals surface area contributed by atoms with Crippen LogP contribution in [0.25, 0.3) is 11.4 Å². The summed E-state index contributed by atoms with van der Waals surface area (Å²) in [6, 6.07) is 8.07. The second-order valence-electron chi connectivity index (χ2n) is 7.32. The van der Waals surface area contributed by atoms with Crippen molar-refractivity contribution in [2.45, 2.75) is 70.9 Å². The molecule has 1 aromatic heterocycles. The fourth-order valence-corrected chi connectivity index (χ4v) is 3.95. The van der Waals surface area contributed by atoms with Crippen LogP contribution in [0.15, 0.2) is 24.3 Å². The molecule has 0 unspecified atom stereocenters. The van der Waals surface area contributed by atoms with Crippen LogP contribution in [0.1, 0.15) is 58.3 Å². The van der Waals surface area contributed by atoms with E-state index in [9.17, 15) is 4.79 Å². The molecule has 6 nitrogen and oxygen atoms in total. The van der Waals surface area contributed by atoms with Crippen LogP contribution >= 0.6 is 12.2 Å². The lowest BCUT2D eigenvalue weighted by atomic mass is 9.96. The predicted molar refractivity (Wildman–Crippen MR) is 113 cm³/mol. The van der Waals surface area contributed by atoms with Crippen molar-refractivity contribution in [1.82, 2.24) is 20.1 Å². The molecule has 152 valence electrons. The molecule has 0 bridgehead atoms. The van der Waals surface area contributed by atoms with Gasteiger partial charge in [0.1, 0.15) is 5.75 Å². The highest BCUT2D eigenvalue weighted by Crippen LogP contribution is 2.22. The second-order valence-corrected chi connectivity index (χ2v) is 7.71. The van der Waals surface area contributed by atoms with Gasteiger partial charge in [-0.25, -0.2) is 0 Å². The molecule has 1 aliphatic carbocycles. The van der Waals surface area contributed by atoms with E-state index in [0.717, 1.165) is 30.0 Å². The van der Waals surface area contributed by atoms with Crippen LogP contribution in [0.4, 0.5) is 0 Å². The molecule has 0 radical (unpaired) electrons. The molecule has 0 spiro atoms. The van der Waals surface area contributed by atoms with Gasteiger partial charge in [-0.2, -0.15) is 5.10 Å². The Kier molecular flexibility index (Phi) is 7.65. The number of aromatic amines is 1. The van der Waals surface area contributed by atoms with E-state index in [1.165, 1.54) is 32.1 Å². The lowest BCUT2D eigenvalue weighted by Crippen LogP contribution is -2.35. The Morgan fingerprint density at radius 3 is 2.57 bits per heavy atom. The number of aromatic nitrogens is 3. The van der Waals surface area contributed by atoms with E-state index < -0.39 is 0 Å². The number of hydrogen-bond acceptors (Lipinski definition) is 4. The molecule has 1 heterocycles. The Hall–Kier alpha value is -2.15. The first-order valence-electron chi connectivity index (χ1n) is 10.3. The number of hydrogen-bond donors (Lipinski definition) is 2. The maximum atomic E-state index is 12.5. The Morgan fingerprint density at radius 1 is 1.21 bits per heavy atom. The summed E-state index contributed by atoms with van der Waals surface area (Å²) < 4.78 is 7.91. The van der Waals surface area contributed by atoms with Gasteiger partial charge in [-0.05, 0) is 56.2 Å². The smallest absolute Gasteiger partial charge is 0.222 e. The van der Waals surface area contributed by atoms with E-state index in [2.05, 4.69) is 15.5 Å². The number of carbonyl (C=O) groups excluding carboxylic acids is 1. The fraction of sp³-hybridized carbons (Fsp3) is 0.571. The summed E-state index contributed by atoms with van der Waals surface area (Å²) >= 11 is 5.38. The van der Waals surface area contributed by atoms with Gasteiger partial charge < -0.3 is 10.1 Å². The maximum Gasteiger partial charge on any atom is 0.222 e. The van der Waals surface area contributed by atoms with Crippen LogP contribution in [-0.2, 0) is 11.3 Å². The number of H-pyrrole nitrogens is 1. The summed E-state index contributed by atoms with van der Waals surface area (Å²) in [6.07, 6.45) is 8.88. The lowest BCUT2D eigenvalue weighted by Gasteiger charge is -2.21. The van der Waals surface area contributed by atoms with Gasteiger partial charge in [0.05, 0.1) is 6.61 Å². The molecule has 1 fully saturated rings. The molecule has 1 saturated carbocycles. The number of carbonyl (C=O) groups is 1. The first-order chi connectivity index (χ1) is 13.7. The summed E-state index contributed by atoms with van der Waals surface area (Å²) in [6.45, 7) is 3.10. The number of nitrogens with zero attached hydrogens (tertiary/aromatic N) is 2. The van der Waals surface area contributed by atoms with E-state index in [4.69, 9.17) is 17.0 Å². The zero-order valence-electron chi connectivity index (χ0n) is 16.6. The minimum absolute atomic E-state index is 0.0892. The Labute approximate surface area is 171 Å². The van der Waals surface area contributed by atoms with Crippen molar-refractivity contribution in [3.8, 4) is 17.1 Å². The molecule has 1 aromatic carbocycles. The monoisotopic (exact) mass is 402 g/mol. The lowest BCUT2D eigenvalue weighted by molar-refractivity contribution is -0.122. The standard InChI is InChI=1S/C21H30N4O2S/c1-2-27-18-12-10-16(11-13-18)20-23-24-21(28)25(20)15-14-19(26)22-17-8-6-4-3-5-7-9-17/h10-13,17H,2-9,14-15H2,1H3,(H,22,26)(H,24,28). The topological polar surface area (TPSA) is 71.9 Å². The van der Waals surface area contributed by atoms with Gasteiger partial charge in [-0.15, -0.1) is 0 Å². The highest BCUT2D eigenvalue weighted by atomic mass is 32.1. The Balaban J connectivity index is 1.60. The first kappa shape index (κ1) is 20.6. The molecule has 0 saturated heterocycles. The zero-order valence-corrected chi connectivity index (χ0v) is 17.4. The molecule has 3 rings (SSSR count). The highest BCUT2D eigenvalue weighted by molar-refractivity contribution is 7.71. The minimum atomic E-state index is 0.0892. The molecule has 1 aliphatic rings. The summed E-state index contributed by atoms with van der Waals surface area (Å²) in [7, 11) is 0. The summed E-state index contributed by atoms with van der Waals surface area (Å²) in [4.78, 5) is 12.5. The molecule has 7 heteroatoms. The Morgan fingerprint density at radius 2 is 1.89 bits per heavy atom. The SMILES string of the molecule is CCOc1ccc(-c2n[nH]c(=S)n2CCC(=O)NC2CCCCCCC2)cc1. The van der Waals surface area contributed by atoms with Crippen molar-refractivity contribution < 1.29 is 9.53 Å². The average Bonchev–Trinajstić information content (AvgIpc) is 3.03. The summed E-state index contributed by atoms with van der Waals surface area (Å²) in [5, 5.41) is 10.4. The van der Waals surface area contributed by atoms with Crippen molar-refractivity contribution in [3.63, 3.8) is 0 Å². The summed E-state index contributed by atoms with van der Waals surface area (Å²) in [5.74, 6) is 1.66. The van der Waals surface area contributed by atoms with Crippen LogP contribution in [0, 0.1) is 4.77 Å². The van der Waals surface area contributed by atoms with Gasteiger partial charge in [0.2, 0.25) is 5.91 Å². The van der Waals surface area contributed by atoms with E-state index in [0.29, 0.717) is 30.4 Å². The first-order valence-corrected chi connectivity index (χ1v) is 10.8. The normalized spacial score (nSPS) is 15.6. The van der Waals surface area contributed by atoms with Crippen molar-refractivity contribution in [2.75, 3.05) is 6.61 Å².